The van der Waals surface area contributed by atoms with Crippen molar-refractivity contribution < 1.29 is 9.47 Å². The van der Waals surface area contributed by atoms with E-state index in [4.69, 9.17) is 14.5 Å². The number of hydrogen-bond acceptors (Lipinski definition) is 4. The number of methoxy groups -OCH3 is 1. The number of hydrogen-bond donors (Lipinski definition) is 2. The molecule has 0 fully saturated rings. The lowest BCUT2D eigenvalue weighted by Gasteiger charge is -2.17. The van der Waals surface area contributed by atoms with Crippen molar-refractivity contribution in [2.24, 2.45) is 4.99 Å². The highest BCUT2D eigenvalue weighted by atomic mass is 127. The van der Waals surface area contributed by atoms with Crippen LogP contribution in [0, 0.1) is 20.8 Å². The van der Waals surface area contributed by atoms with Crippen LogP contribution >= 0.6 is 24.0 Å². The monoisotopic (exact) mass is 557 g/mol. The number of guanidine groups is 1. The SMILES string of the molecule is CCNC(=NCc1ccc(C)cc1OC(C)CC)NCc1c(C)nn(CCOC)c1C.I. The van der Waals surface area contributed by atoms with Gasteiger partial charge in [0.25, 0.3) is 0 Å². The van der Waals surface area contributed by atoms with Crippen molar-refractivity contribution in [3.63, 3.8) is 0 Å². The van der Waals surface area contributed by atoms with E-state index in [1.807, 2.05) is 11.6 Å². The Morgan fingerprint density at radius 3 is 2.59 bits per heavy atom. The van der Waals surface area contributed by atoms with E-state index in [-0.39, 0.29) is 30.1 Å². The third-order valence-corrected chi connectivity index (χ3v) is 5.35. The van der Waals surface area contributed by atoms with E-state index in [2.05, 4.69) is 68.6 Å². The standard InChI is InChI=1S/C24H39N5O2.HI/c1-8-18(4)31-23-14-17(3)10-11-21(23)15-26-24(25-9-2)27-16-22-19(5)28-29(20(22)6)12-13-30-7;/h10-11,14,18H,8-9,12-13,15-16H2,1-7H3,(H2,25,26,27);1H. The van der Waals surface area contributed by atoms with Crippen LogP contribution in [0.25, 0.3) is 0 Å². The average molecular weight is 558 g/mol. The predicted octanol–water partition coefficient (Wildman–Crippen LogP) is 4.51. The molecule has 0 saturated carbocycles. The van der Waals surface area contributed by atoms with Crippen LogP contribution in [0.2, 0.25) is 0 Å². The summed E-state index contributed by atoms with van der Waals surface area (Å²) < 4.78 is 13.3. The highest BCUT2D eigenvalue weighted by Gasteiger charge is 2.12. The quantitative estimate of drug-likeness (QED) is 0.242. The molecule has 2 aromatic rings. The van der Waals surface area contributed by atoms with E-state index in [0.717, 1.165) is 48.2 Å². The minimum Gasteiger partial charge on any atom is -0.490 e. The number of halogens is 1. The summed E-state index contributed by atoms with van der Waals surface area (Å²) in [6.07, 6.45) is 1.15. The van der Waals surface area contributed by atoms with E-state index in [1.165, 1.54) is 11.1 Å². The van der Waals surface area contributed by atoms with Gasteiger partial charge < -0.3 is 20.1 Å². The summed E-state index contributed by atoms with van der Waals surface area (Å²) in [4.78, 5) is 4.81. The van der Waals surface area contributed by atoms with E-state index >= 15 is 0 Å². The lowest BCUT2D eigenvalue weighted by molar-refractivity contribution is 0.182. The van der Waals surface area contributed by atoms with Crippen molar-refractivity contribution >= 4 is 29.9 Å². The van der Waals surface area contributed by atoms with Crippen LogP contribution in [-0.2, 0) is 24.4 Å². The Morgan fingerprint density at radius 1 is 1.19 bits per heavy atom. The molecule has 1 unspecified atom stereocenters. The summed E-state index contributed by atoms with van der Waals surface area (Å²) >= 11 is 0. The second-order valence-electron chi connectivity index (χ2n) is 7.86. The fourth-order valence-corrected chi connectivity index (χ4v) is 3.27. The lowest BCUT2D eigenvalue weighted by atomic mass is 10.1. The summed E-state index contributed by atoms with van der Waals surface area (Å²) in [5.41, 5.74) is 5.65. The van der Waals surface area contributed by atoms with Crippen molar-refractivity contribution in [3.8, 4) is 5.75 Å². The van der Waals surface area contributed by atoms with E-state index < -0.39 is 0 Å². The van der Waals surface area contributed by atoms with Gasteiger partial charge in [-0.15, -0.1) is 24.0 Å². The van der Waals surface area contributed by atoms with Crippen LogP contribution in [0.4, 0.5) is 0 Å². The van der Waals surface area contributed by atoms with Gasteiger partial charge in [-0.1, -0.05) is 19.1 Å². The Morgan fingerprint density at radius 2 is 1.94 bits per heavy atom. The average Bonchev–Trinajstić information content (AvgIpc) is 3.02. The summed E-state index contributed by atoms with van der Waals surface area (Å²) in [6.45, 7) is 15.9. The Hall–Kier alpha value is -1.81. The van der Waals surface area contributed by atoms with Gasteiger partial charge in [-0.2, -0.15) is 5.10 Å². The third kappa shape index (κ3) is 8.27. The maximum absolute atomic E-state index is 6.13. The van der Waals surface area contributed by atoms with Crippen LogP contribution in [0.3, 0.4) is 0 Å². The Kier molecular flexibility index (Phi) is 12.7. The van der Waals surface area contributed by atoms with Crippen LogP contribution in [-0.4, -0.2) is 42.1 Å². The normalized spacial score (nSPS) is 12.3. The Bertz CT molecular complexity index is 866. The molecule has 0 bridgehead atoms. The number of nitrogens with zero attached hydrogens (tertiary/aromatic N) is 3. The maximum atomic E-state index is 6.13. The third-order valence-electron chi connectivity index (χ3n) is 5.35. The minimum absolute atomic E-state index is 0. The zero-order valence-electron chi connectivity index (χ0n) is 20.6. The molecule has 1 heterocycles. The van der Waals surface area contributed by atoms with Crippen molar-refractivity contribution in [3.05, 3.63) is 46.3 Å². The second-order valence-corrected chi connectivity index (χ2v) is 7.86. The molecule has 8 heteroatoms. The summed E-state index contributed by atoms with van der Waals surface area (Å²) in [5, 5.41) is 11.4. The molecule has 2 N–H and O–H groups in total. The number of aryl methyl sites for hydroxylation is 2. The van der Waals surface area contributed by atoms with E-state index in [9.17, 15) is 0 Å². The van der Waals surface area contributed by atoms with E-state index in [1.54, 1.807) is 7.11 Å². The Labute approximate surface area is 210 Å². The van der Waals surface area contributed by atoms with Gasteiger partial charge in [0.1, 0.15) is 5.75 Å². The number of ether oxygens (including phenoxy) is 2. The van der Waals surface area contributed by atoms with Gasteiger partial charge in [0.05, 0.1) is 31.5 Å². The molecule has 0 aliphatic heterocycles. The smallest absolute Gasteiger partial charge is 0.191 e. The Balaban J connectivity index is 0.00000512. The first-order chi connectivity index (χ1) is 14.9. The molecule has 0 aliphatic rings. The zero-order valence-corrected chi connectivity index (χ0v) is 22.9. The number of benzene rings is 1. The maximum Gasteiger partial charge on any atom is 0.191 e. The predicted molar refractivity (Wildman–Crippen MR) is 142 cm³/mol. The molecular weight excluding hydrogens is 517 g/mol. The summed E-state index contributed by atoms with van der Waals surface area (Å²) in [5.74, 6) is 1.70. The molecule has 180 valence electrons. The first-order valence-electron chi connectivity index (χ1n) is 11.2. The molecule has 0 saturated heterocycles. The van der Waals surface area contributed by atoms with E-state index in [0.29, 0.717) is 19.7 Å². The number of rotatable bonds is 11. The van der Waals surface area contributed by atoms with Gasteiger partial charge in [0.15, 0.2) is 5.96 Å². The molecule has 1 aromatic heterocycles. The van der Waals surface area contributed by atoms with Crippen molar-refractivity contribution in [1.82, 2.24) is 20.4 Å². The van der Waals surface area contributed by atoms with Gasteiger partial charge >= 0.3 is 0 Å². The second kappa shape index (κ2) is 14.4. The molecule has 32 heavy (non-hydrogen) atoms. The first kappa shape index (κ1) is 28.2. The molecule has 0 radical (unpaired) electrons. The van der Waals surface area contributed by atoms with Gasteiger partial charge in [-0.3, -0.25) is 4.68 Å². The molecule has 1 aromatic carbocycles. The number of aliphatic imine (C=N–C) groups is 1. The van der Waals surface area contributed by atoms with Gasteiger partial charge in [0.2, 0.25) is 0 Å². The fourth-order valence-electron chi connectivity index (χ4n) is 3.27. The molecule has 0 amide bonds. The van der Waals surface area contributed by atoms with Gasteiger partial charge in [-0.05, 0) is 52.7 Å². The molecule has 0 spiro atoms. The molecule has 7 nitrogen and oxygen atoms in total. The topological polar surface area (TPSA) is 72.7 Å². The lowest BCUT2D eigenvalue weighted by Crippen LogP contribution is -2.37. The van der Waals surface area contributed by atoms with Crippen LogP contribution in [0.5, 0.6) is 5.75 Å². The largest absolute Gasteiger partial charge is 0.490 e. The molecule has 1 atom stereocenters. The number of aromatic nitrogens is 2. The van der Waals surface area contributed by atoms with Gasteiger partial charge in [0, 0.05) is 37.0 Å². The highest BCUT2D eigenvalue weighted by Crippen LogP contribution is 2.23. The van der Waals surface area contributed by atoms with Crippen molar-refractivity contribution in [1.29, 1.82) is 0 Å². The van der Waals surface area contributed by atoms with Crippen molar-refractivity contribution in [2.45, 2.75) is 73.7 Å². The van der Waals surface area contributed by atoms with Crippen LogP contribution < -0.4 is 15.4 Å². The number of nitrogens with one attached hydrogen (secondary N) is 2. The first-order valence-corrected chi connectivity index (χ1v) is 11.2. The van der Waals surface area contributed by atoms with Crippen molar-refractivity contribution in [2.75, 3.05) is 20.3 Å². The zero-order chi connectivity index (χ0) is 22.8. The van der Waals surface area contributed by atoms with Crippen LogP contribution in [0.1, 0.15) is 55.3 Å². The highest BCUT2D eigenvalue weighted by molar-refractivity contribution is 14.0. The van der Waals surface area contributed by atoms with Gasteiger partial charge in [-0.25, -0.2) is 4.99 Å². The summed E-state index contributed by atoms with van der Waals surface area (Å²) in [6, 6.07) is 6.31. The van der Waals surface area contributed by atoms with Crippen LogP contribution in [0.15, 0.2) is 23.2 Å². The molecule has 2 rings (SSSR count). The molecular formula is C24H40IN5O2. The summed E-state index contributed by atoms with van der Waals surface area (Å²) in [7, 11) is 1.71. The fraction of sp³-hybridized carbons (Fsp3) is 0.583. The molecule has 0 aliphatic carbocycles. The minimum atomic E-state index is 0.